The molecule has 0 aliphatic carbocycles. The third-order valence-electron chi connectivity index (χ3n) is 2.02. The van der Waals surface area contributed by atoms with Crippen LogP contribution >= 0.6 is 11.8 Å². The summed E-state index contributed by atoms with van der Waals surface area (Å²) in [6.45, 7) is 0. The molecule has 0 aliphatic heterocycles. The van der Waals surface area contributed by atoms with Crippen molar-refractivity contribution in [2.75, 3.05) is 12.0 Å². The molecule has 0 aliphatic rings. The molecule has 90 valence electrons. The Morgan fingerprint density at radius 1 is 1.29 bits per heavy atom. The molecule has 1 heterocycles. The fourth-order valence-electron chi connectivity index (χ4n) is 1.27. The van der Waals surface area contributed by atoms with Crippen molar-refractivity contribution in [2.24, 2.45) is 0 Å². The Labute approximate surface area is 103 Å². The first-order chi connectivity index (χ1) is 8.05. The maximum Gasteiger partial charge on any atom is 0.285 e. The topological polar surface area (TPSA) is 90.9 Å². The van der Waals surface area contributed by atoms with Crippen LogP contribution in [0.3, 0.4) is 0 Å². The second-order valence-corrected chi connectivity index (χ2v) is 5.66. The molecule has 2 N–H and O–H groups in total. The van der Waals surface area contributed by atoms with Crippen LogP contribution in [0.15, 0.2) is 40.4 Å². The van der Waals surface area contributed by atoms with Gasteiger partial charge in [-0.05, 0) is 18.4 Å². The molecule has 0 unspecified atom stereocenters. The minimum atomic E-state index is -3.72. The Hall–Kier alpha value is -1.54. The first-order valence-corrected chi connectivity index (χ1v) is 7.29. The number of benzene rings is 1. The van der Waals surface area contributed by atoms with Crippen LogP contribution in [0.2, 0.25) is 0 Å². The predicted octanol–water partition coefficient (Wildman–Crippen LogP) is 0.819. The minimum Gasteiger partial charge on any atom is -0.366 e. The SMILES string of the molecule is CSc1nc(N)nn1S(=O)(=O)c1ccccc1. The van der Waals surface area contributed by atoms with Crippen molar-refractivity contribution in [2.45, 2.75) is 10.1 Å². The first-order valence-electron chi connectivity index (χ1n) is 4.63. The molecule has 0 saturated heterocycles. The smallest absolute Gasteiger partial charge is 0.285 e. The van der Waals surface area contributed by atoms with Gasteiger partial charge in [0.05, 0.1) is 4.90 Å². The summed E-state index contributed by atoms with van der Waals surface area (Å²) < 4.78 is 25.3. The zero-order chi connectivity index (χ0) is 12.5. The largest absolute Gasteiger partial charge is 0.366 e. The van der Waals surface area contributed by atoms with Gasteiger partial charge < -0.3 is 5.73 Å². The Kier molecular flexibility index (Phi) is 3.07. The molecule has 17 heavy (non-hydrogen) atoms. The van der Waals surface area contributed by atoms with E-state index >= 15 is 0 Å². The highest BCUT2D eigenvalue weighted by atomic mass is 32.2. The predicted molar refractivity (Wildman–Crippen MR) is 65.2 cm³/mol. The third kappa shape index (κ3) is 2.13. The summed E-state index contributed by atoms with van der Waals surface area (Å²) in [5, 5.41) is 3.95. The molecule has 1 aromatic heterocycles. The number of nitrogens with zero attached hydrogens (tertiary/aromatic N) is 3. The molecule has 2 aromatic rings. The van der Waals surface area contributed by atoms with Gasteiger partial charge in [0, 0.05) is 0 Å². The Morgan fingerprint density at radius 2 is 1.94 bits per heavy atom. The molecule has 0 amide bonds. The molecule has 2 rings (SSSR count). The molecule has 1 aromatic carbocycles. The summed E-state index contributed by atoms with van der Waals surface area (Å²) in [6.07, 6.45) is 1.71. The van der Waals surface area contributed by atoms with E-state index in [1.54, 1.807) is 24.5 Å². The van der Waals surface area contributed by atoms with Crippen LogP contribution < -0.4 is 5.73 Å². The highest BCUT2D eigenvalue weighted by Gasteiger charge is 2.22. The average Bonchev–Trinajstić information content (AvgIpc) is 2.72. The number of thioether (sulfide) groups is 1. The van der Waals surface area contributed by atoms with Gasteiger partial charge in [-0.25, -0.2) is 0 Å². The molecule has 6 nitrogen and oxygen atoms in total. The van der Waals surface area contributed by atoms with E-state index in [0.717, 1.165) is 4.09 Å². The number of nitrogen functional groups attached to an aromatic ring is 1. The van der Waals surface area contributed by atoms with Crippen LogP contribution in [0, 0.1) is 0 Å². The normalized spacial score (nSPS) is 11.6. The first kappa shape index (κ1) is 11.9. The summed E-state index contributed by atoms with van der Waals surface area (Å²) in [6, 6.07) is 8.02. The van der Waals surface area contributed by atoms with Gasteiger partial charge in [-0.15, -0.1) is 9.19 Å². The van der Waals surface area contributed by atoms with E-state index in [1.807, 2.05) is 0 Å². The van der Waals surface area contributed by atoms with Crippen molar-refractivity contribution in [1.82, 2.24) is 14.2 Å². The van der Waals surface area contributed by atoms with Crippen molar-refractivity contribution >= 4 is 27.7 Å². The van der Waals surface area contributed by atoms with Gasteiger partial charge in [-0.1, -0.05) is 30.0 Å². The lowest BCUT2D eigenvalue weighted by Crippen LogP contribution is -2.15. The van der Waals surface area contributed by atoms with E-state index < -0.39 is 10.0 Å². The monoisotopic (exact) mass is 270 g/mol. The number of nitrogens with two attached hydrogens (primary N) is 1. The molecule has 0 fully saturated rings. The quantitative estimate of drug-likeness (QED) is 0.830. The number of anilines is 1. The van der Waals surface area contributed by atoms with Gasteiger partial charge >= 0.3 is 0 Å². The van der Waals surface area contributed by atoms with Crippen LogP contribution in [-0.4, -0.2) is 28.8 Å². The number of rotatable bonds is 3. The second-order valence-electron chi connectivity index (χ2n) is 3.12. The standard InChI is InChI=1S/C9H10N4O2S2/c1-16-9-11-8(10)12-13(9)17(14,15)7-5-3-2-4-6-7/h2-6H,1H3,(H2,10,12). The van der Waals surface area contributed by atoms with Gasteiger partial charge in [0.15, 0.2) is 0 Å². The van der Waals surface area contributed by atoms with Gasteiger partial charge in [-0.3, -0.25) is 0 Å². The van der Waals surface area contributed by atoms with Crippen molar-refractivity contribution < 1.29 is 8.42 Å². The zero-order valence-corrected chi connectivity index (χ0v) is 10.6. The van der Waals surface area contributed by atoms with Crippen molar-refractivity contribution in [1.29, 1.82) is 0 Å². The fraction of sp³-hybridized carbons (Fsp3) is 0.111. The summed E-state index contributed by atoms with van der Waals surface area (Å²) >= 11 is 1.17. The zero-order valence-electron chi connectivity index (χ0n) is 8.94. The number of hydrogen-bond donors (Lipinski definition) is 1. The van der Waals surface area contributed by atoms with Gasteiger partial charge in [0.1, 0.15) is 0 Å². The van der Waals surface area contributed by atoms with Crippen LogP contribution in [0.25, 0.3) is 0 Å². The van der Waals surface area contributed by atoms with Crippen LogP contribution in [-0.2, 0) is 10.0 Å². The second kappa shape index (κ2) is 4.38. The van der Waals surface area contributed by atoms with Gasteiger partial charge in [0.25, 0.3) is 10.0 Å². The summed E-state index contributed by atoms with van der Waals surface area (Å²) in [5.74, 6) is -0.0612. The molecule has 0 saturated carbocycles. The number of aromatic nitrogens is 3. The fourth-order valence-corrected chi connectivity index (χ4v) is 3.31. The summed E-state index contributed by atoms with van der Waals surface area (Å²) in [4.78, 5) is 3.99. The minimum absolute atomic E-state index is 0.0612. The molecular weight excluding hydrogens is 260 g/mol. The van der Waals surface area contributed by atoms with E-state index in [9.17, 15) is 8.42 Å². The molecule has 8 heteroatoms. The molecule has 0 radical (unpaired) electrons. The lowest BCUT2D eigenvalue weighted by molar-refractivity contribution is 0.573. The third-order valence-corrected chi connectivity index (χ3v) is 4.34. The Bertz CT molecular complexity index is 622. The summed E-state index contributed by atoms with van der Waals surface area (Å²) in [7, 11) is -3.72. The molecule has 0 spiro atoms. The Morgan fingerprint density at radius 3 is 2.53 bits per heavy atom. The van der Waals surface area contributed by atoms with Crippen LogP contribution in [0.4, 0.5) is 5.95 Å². The van der Waals surface area contributed by atoms with E-state index in [4.69, 9.17) is 5.73 Å². The van der Waals surface area contributed by atoms with E-state index in [-0.39, 0.29) is 16.0 Å². The van der Waals surface area contributed by atoms with Gasteiger partial charge in [0.2, 0.25) is 11.1 Å². The van der Waals surface area contributed by atoms with E-state index in [1.165, 1.54) is 23.9 Å². The lowest BCUT2D eigenvalue weighted by atomic mass is 10.4. The maximum absolute atomic E-state index is 12.2. The summed E-state index contributed by atoms with van der Waals surface area (Å²) in [5.41, 5.74) is 5.41. The highest BCUT2D eigenvalue weighted by molar-refractivity contribution is 7.99. The highest BCUT2D eigenvalue weighted by Crippen LogP contribution is 2.20. The van der Waals surface area contributed by atoms with Gasteiger partial charge in [-0.2, -0.15) is 13.4 Å². The molecule has 0 bridgehead atoms. The van der Waals surface area contributed by atoms with Crippen molar-refractivity contribution in [3.05, 3.63) is 30.3 Å². The van der Waals surface area contributed by atoms with E-state index in [2.05, 4.69) is 10.1 Å². The van der Waals surface area contributed by atoms with Crippen molar-refractivity contribution in [3.8, 4) is 0 Å². The van der Waals surface area contributed by atoms with Crippen LogP contribution in [0.5, 0.6) is 0 Å². The van der Waals surface area contributed by atoms with Crippen molar-refractivity contribution in [3.63, 3.8) is 0 Å². The van der Waals surface area contributed by atoms with Crippen LogP contribution in [0.1, 0.15) is 0 Å². The lowest BCUT2D eigenvalue weighted by Gasteiger charge is -2.04. The molecular formula is C9H10N4O2S2. The molecule has 0 atom stereocenters. The van der Waals surface area contributed by atoms with E-state index in [0.29, 0.717) is 0 Å². The number of hydrogen-bond acceptors (Lipinski definition) is 6. The maximum atomic E-state index is 12.2. The Balaban J connectivity index is 2.60. The average molecular weight is 270 g/mol.